The lowest BCUT2D eigenvalue weighted by Crippen LogP contribution is -2.47. The average molecular weight is 421 g/mol. The molecule has 0 bridgehead atoms. The minimum absolute atomic E-state index is 0.132. The summed E-state index contributed by atoms with van der Waals surface area (Å²) in [4.78, 5) is 31.9. The van der Waals surface area contributed by atoms with Crippen LogP contribution in [0.5, 0.6) is 0 Å². The van der Waals surface area contributed by atoms with Gasteiger partial charge in [0.15, 0.2) is 5.13 Å². The number of aromatic nitrogens is 1. The molecule has 0 saturated carbocycles. The molecule has 2 aromatic rings. The topological polar surface area (TPSA) is 83.6 Å². The molecular formula is C20H25FN4O3S. The van der Waals surface area contributed by atoms with E-state index in [2.05, 4.69) is 20.5 Å². The van der Waals surface area contributed by atoms with Crippen LogP contribution < -0.4 is 10.6 Å². The van der Waals surface area contributed by atoms with Crippen molar-refractivity contribution in [2.24, 2.45) is 5.92 Å². The van der Waals surface area contributed by atoms with Crippen LogP contribution in [0.2, 0.25) is 0 Å². The van der Waals surface area contributed by atoms with E-state index >= 15 is 0 Å². The van der Waals surface area contributed by atoms with Crippen LogP contribution in [0.1, 0.15) is 29.9 Å². The van der Waals surface area contributed by atoms with Gasteiger partial charge in [0, 0.05) is 30.6 Å². The number of carbonyl (C=O) groups excluding carboxylic acids is 2. The van der Waals surface area contributed by atoms with Gasteiger partial charge in [-0.05, 0) is 30.2 Å². The zero-order valence-electron chi connectivity index (χ0n) is 16.5. The molecule has 1 aromatic carbocycles. The number of rotatable bonds is 7. The van der Waals surface area contributed by atoms with Crippen LogP contribution in [0.4, 0.5) is 9.52 Å². The summed E-state index contributed by atoms with van der Waals surface area (Å²) in [6.07, 6.45) is 0. The smallest absolute Gasteiger partial charge is 0.251 e. The van der Waals surface area contributed by atoms with Crippen molar-refractivity contribution in [2.75, 3.05) is 31.6 Å². The minimum atomic E-state index is -0.737. The highest BCUT2D eigenvalue weighted by Crippen LogP contribution is 2.18. The van der Waals surface area contributed by atoms with Crippen molar-refractivity contribution in [3.05, 3.63) is 46.7 Å². The second kappa shape index (κ2) is 9.91. The zero-order chi connectivity index (χ0) is 20.8. The molecule has 156 valence electrons. The third-order valence-corrected chi connectivity index (χ3v) is 5.42. The molecule has 1 atom stereocenters. The Labute approximate surface area is 173 Å². The summed E-state index contributed by atoms with van der Waals surface area (Å²) in [5.41, 5.74) is 1.19. The zero-order valence-corrected chi connectivity index (χ0v) is 17.3. The number of anilines is 1. The molecule has 0 spiro atoms. The van der Waals surface area contributed by atoms with Crippen molar-refractivity contribution in [2.45, 2.75) is 26.4 Å². The number of halogens is 1. The van der Waals surface area contributed by atoms with Crippen LogP contribution in [0.3, 0.4) is 0 Å². The van der Waals surface area contributed by atoms with E-state index in [0.717, 1.165) is 32.0 Å². The second-order valence-corrected chi connectivity index (χ2v) is 8.08. The van der Waals surface area contributed by atoms with Gasteiger partial charge in [-0.2, -0.15) is 0 Å². The fourth-order valence-corrected chi connectivity index (χ4v) is 3.67. The first-order chi connectivity index (χ1) is 13.9. The van der Waals surface area contributed by atoms with Crippen LogP contribution >= 0.6 is 11.3 Å². The van der Waals surface area contributed by atoms with E-state index in [1.165, 1.54) is 35.6 Å². The van der Waals surface area contributed by atoms with Gasteiger partial charge in [-0.25, -0.2) is 9.37 Å². The first-order valence-electron chi connectivity index (χ1n) is 9.54. The Bertz CT molecular complexity index is 835. The molecule has 2 N–H and O–H groups in total. The van der Waals surface area contributed by atoms with E-state index in [4.69, 9.17) is 4.74 Å². The van der Waals surface area contributed by atoms with E-state index in [1.54, 1.807) is 0 Å². The predicted octanol–water partition coefficient (Wildman–Crippen LogP) is 2.51. The van der Waals surface area contributed by atoms with Crippen LogP contribution in [0.15, 0.2) is 29.6 Å². The fourth-order valence-electron chi connectivity index (χ4n) is 2.97. The van der Waals surface area contributed by atoms with Crippen LogP contribution in [-0.4, -0.2) is 54.0 Å². The quantitative estimate of drug-likeness (QED) is 0.719. The summed E-state index contributed by atoms with van der Waals surface area (Å²) in [5, 5.41) is 7.95. The van der Waals surface area contributed by atoms with E-state index in [0.29, 0.717) is 17.2 Å². The highest BCUT2D eigenvalue weighted by atomic mass is 32.1. The number of thiazole rings is 1. The molecule has 1 unspecified atom stereocenters. The SMILES string of the molecule is CC(C)C(NC(=O)c1ccc(F)cc1)C(=O)Nc1nc(CN2CCOCC2)cs1. The molecule has 1 aromatic heterocycles. The molecule has 1 saturated heterocycles. The molecule has 7 nitrogen and oxygen atoms in total. The van der Waals surface area contributed by atoms with Crippen molar-refractivity contribution >= 4 is 28.3 Å². The number of nitrogens with one attached hydrogen (secondary N) is 2. The standard InChI is InChI=1S/C20H25FN4O3S/c1-13(2)17(23-18(26)14-3-5-15(21)6-4-14)19(27)24-20-22-16(12-29-20)11-25-7-9-28-10-8-25/h3-6,12-13,17H,7-11H2,1-2H3,(H,23,26)(H,22,24,27). The van der Waals surface area contributed by atoms with E-state index in [-0.39, 0.29) is 11.8 Å². The second-order valence-electron chi connectivity index (χ2n) is 7.22. The molecule has 0 radical (unpaired) electrons. The third kappa shape index (κ3) is 6.06. The maximum Gasteiger partial charge on any atom is 0.251 e. The number of carbonyl (C=O) groups is 2. The van der Waals surface area contributed by atoms with Gasteiger partial charge < -0.3 is 15.4 Å². The minimum Gasteiger partial charge on any atom is -0.379 e. The molecule has 9 heteroatoms. The van der Waals surface area contributed by atoms with Gasteiger partial charge in [0.25, 0.3) is 5.91 Å². The molecule has 29 heavy (non-hydrogen) atoms. The molecule has 1 aliphatic rings. The van der Waals surface area contributed by atoms with E-state index in [9.17, 15) is 14.0 Å². The molecule has 2 heterocycles. The number of benzene rings is 1. The Morgan fingerprint density at radius 2 is 1.93 bits per heavy atom. The largest absolute Gasteiger partial charge is 0.379 e. The monoisotopic (exact) mass is 420 g/mol. The van der Waals surface area contributed by atoms with Gasteiger partial charge in [-0.1, -0.05) is 13.8 Å². The normalized spacial score (nSPS) is 15.9. The summed E-state index contributed by atoms with van der Waals surface area (Å²) in [6.45, 7) is 7.58. The Hall–Kier alpha value is -2.36. The van der Waals surface area contributed by atoms with Gasteiger partial charge in [0.05, 0.1) is 18.9 Å². The molecule has 3 rings (SSSR count). The Balaban J connectivity index is 1.59. The van der Waals surface area contributed by atoms with Gasteiger partial charge >= 0.3 is 0 Å². The third-order valence-electron chi connectivity index (χ3n) is 4.61. The summed E-state index contributed by atoms with van der Waals surface area (Å²) in [5.74, 6) is -1.31. The first-order valence-corrected chi connectivity index (χ1v) is 10.4. The highest BCUT2D eigenvalue weighted by Gasteiger charge is 2.25. The molecule has 0 aliphatic carbocycles. The average Bonchev–Trinajstić information content (AvgIpc) is 3.13. The summed E-state index contributed by atoms with van der Waals surface area (Å²) < 4.78 is 18.4. The summed E-state index contributed by atoms with van der Waals surface area (Å²) in [6, 6.07) is 4.46. The Morgan fingerprint density at radius 1 is 1.24 bits per heavy atom. The Morgan fingerprint density at radius 3 is 2.59 bits per heavy atom. The van der Waals surface area contributed by atoms with E-state index in [1.807, 2.05) is 19.2 Å². The lowest BCUT2D eigenvalue weighted by Gasteiger charge is -2.25. The van der Waals surface area contributed by atoms with Gasteiger partial charge in [0.1, 0.15) is 11.9 Å². The summed E-state index contributed by atoms with van der Waals surface area (Å²) >= 11 is 1.36. The molecule has 1 aliphatic heterocycles. The van der Waals surface area contributed by atoms with Crippen molar-refractivity contribution in [1.82, 2.24) is 15.2 Å². The maximum atomic E-state index is 13.1. The van der Waals surface area contributed by atoms with Crippen molar-refractivity contribution in [3.63, 3.8) is 0 Å². The van der Waals surface area contributed by atoms with Gasteiger partial charge in [-0.15, -0.1) is 11.3 Å². The van der Waals surface area contributed by atoms with Crippen LogP contribution in [0.25, 0.3) is 0 Å². The van der Waals surface area contributed by atoms with Crippen molar-refractivity contribution in [1.29, 1.82) is 0 Å². The van der Waals surface area contributed by atoms with Crippen LogP contribution in [0, 0.1) is 11.7 Å². The number of morpholine rings is 1. The van der Waals surface area contributed by atoms with Crippen LogP contribution in [-0.2, 0) is 16.1 Å². The fraction of sp³-hybridized carbons (Fsp3) is 0.450. The lowest BCUT2D eigenvalue weighted by molar-refractivity contribution is -0.118. The first kappa shape index (κ1) is 21.4. The van der Waals surface area contributed by atoms with Crippen molar-refractivity contribution in [3.8, 4) is 0 Å². The molecular weight excluding hydrogens is 395 g/mol. The maximum absolute atomic E-state index is 13.1. The van der Waals surface area contributed by atoms with Gasteiger partial charge in [0.2, 0.25) is 5.91 Å². The summed E-state index contributed by atoms with van der Waals surface area (Å²) in [7, 11) is 0. The Kier molecular flexibility index (Phi) is 7.29. The highest BCUT2D eigenvalue weighted by molar-refractivity contribution is 7.13. The molecule has 1 fully saturated rings. The predicted molar refractivity (Wildman–Crippen MR) is 109 cm³/mol. The number of nitrogens with zero attached hydrogens (tertiary/aromatic N) is 2. The van der Waals surface area contributed by atoms with E-state index < -0.39 is 17.8 Å². The van der Waals surface area contributed by atoms with Gasteiger partial charge in [-0.3, -0.25) is 14.5 Å². The van der Waals surface area contributed by atoms with Crippen molar-refractivity contribution < 1.29 is 18.7 Å². The lowest BCUT2D eigenvalue weighted by atomic mass is 10.0. The number of hydrogen-bond donors (Lipinski definition) is 2. The number of amides is 2. The number of hydrogen-bond acceptors (Lipinski definition) is 6. The number of ether oxygens (including phenoxy) is 1. The molecule has 2 amide bonds.